The molecule has 16 heavy (non-hydrogen) atoms. The van der Waals surface area contributed by atoms with Crippen molar-refractivity contribution in [1.29, 1.82) is 0 Å². The maximum absolute atomic E-state index is 11.8. The van der Waals surface area contributed by atoms with Crippen LogP contribution in [0, 0.1) is 5.92 Å². The van der Waals surface area contributed by atoms with Crippen molar-refractivity contribution >= 4 is 11.6 Å². The Hall–Kier alpha value is -0.960. The first-order valence-electron chi connectivity index (χ1n) is 6.29. The lowest BCUT2D eigenvalue weighted by atomic mass is 9.75. The molecule has 0 spiro atoms. The Labute approximate surface area is 95.3 Å². The molecule has 86 valence electrons. The molecule has 3 nitrogen and oxygen atoms in total. The van der Waals surface area contributed by atoms with Crippen molar-refractivity contribution in [2.75, 3.05) is 0 Å². The third kappa shape index (κ3) is 1.54. The van der Waals surface area contributed by atoms with Gasteiger partial charge in [-0.25, -0.2) is 0 Å². The lowest BCUT2D eigenvalue weighted by Gasteiger charge is -2.40. The summed E-state index contributed by atoms with van der Waals surface area (Å²) in [4.78, 5) is 23.6. The summed E-state index contributed by atoms with van der Waals surface area (Å²) in [7, 11) is 0. The number of hydrogen-bond donors (Lipinski definition) is 1. The molecular formula is C13H17NO2. The van der Waals surface area contributed by atoms with E-state index in [2.05, 4.69) is 5.32 Å². The molecule has 0 aromatic rings. The predicted octanol–water partition coefficient (Wildman–Crippen LogP) is 1.38. The summed E-state index contributed by atoms with van der Waals surface area (Å²) in [5.41, 5.74) is 0.891. The van der Waals surface area contributed by atoms with Crippen molar-refractivity contribution in [2.45, 2.75) is 50.6 Å². The Morgan fingerprint density at radius 1 is 1.12 bits per heavy atom. The highest BCUT2D eigenvalue weighted by atomic mass is 16.1. The first-order valence-corrected chi connectivity index (χ1v) is 6.29. The van der Waals surface area contributed by atoms with Crippen LogP contribution in [0.15, 0.2) is 11.6 Å². The number of carbonyl (C=O) groups is 2. The third-order valence-electron chi connectivity index (χ3n) is 4.11. The fraction of sp³-hybridized carbons (Fsp3) is 0.692. The smallest absolute Gasteiger partial charge is 0.160 e. The molecule has 3 aliphatic rings. The number of Topliss-reactive ketones (excluding diaryl/α,β-unsaturated/α-hetero) is 2. The van der Waals surface area contributed by atoms with Gasteiger partial charge in [0.1, 0.15) is 5.78 Å². The predicted molar refractivity (Wildman–Crippen MR) is 60.0 cm³/mol. The van der Waals surface area contributed by atoms with Crippen LogP contribution in [0.25, 0.3) is 0 Å². The van der Waals surface area contributed by atoms with Gasteiger partial charge in [-0.05, 0) is 25.7 Å². The summed E-state index contributed by atoms with van der Waals surface area (Å²) in [6.45, 7) is 0. The van der Waals surface area contributed by atoms with Crippen LogP contribution in [0.5, 0.6) is 0 Å². The molecule has 3 unspecified atom stereocenters. The van der Waals surface area contributed by atoms with Crippen molar-refractivity contribution < 1.29 is 9.59 Å². The lowest BCUT2D eigenvalue weighted by Crippen LogP contribution is -2.53. The Bertz CT molecular complexity index is 372. The van der Waals surface area contributed by atoms with Crippen LogP contribution in [0.4, 0.5) is 0 Å². The monoisotopic (exact) mass is 219 g/mol. The van der Waals surface area contributed by atoms with Crippen LogP contribution in [0.2, 0.25) is 0 Å². The zero-order valence-corrected chi connectivity index (χ0v) is 9.37. The van der Waals surface area contributed by atoms with E-state index in [4.69, 9.17) is 0 Å². The highest BCUT2D eigenvalue weighted by Gasteiger charge is 2.39. The van der Waals surface area contributed by atoms with Gasteiger partial charge in [0.2, 0.25) is 0 Å². The highest BCUT2D eigenvalue weighted by Crippen LogP contribution is 2.33. The van der Waals surface area contributed by atoms with E-state index in [0.717, 1.165) is 31.3 Å². The molecule has 2 saturated carbocycles. The van der Waals surface area contributed by atoms with Crippen LogP contribution in [-0.2, 0) is 9.59 Å². The fourth-order valence-electron chi connectivity index (χ4n) is 3.26. The Kier molecular flexibility index (Phi) is 2.43. The maximum atomic E-state index is 11.8. The molecule has 3 atom stereocenters. The SMILES string of the molecule is O=C1CCCC2NC3CCCC(=O)C3C=C12. The van der Waals surface area contributed by atoms with E-state index in [1.807, 2.05) is 6.08 Å². The highest BCUT2D eigenvalue weighted by molar-refractivity contribution is 5.99. The molecular weight excluding hydrogens is 202 g/mol. The summed E-state index contributed by atoms with van der Waals surface area (Å²) in [5.74, 6) is 0.538. The standard InChI is InChI=1S/C13H17NO2/c15-12-5-1-3-10-8(12)7-9-11(14-10)4-2-6-13(9)16/h7-8,10-11,14H,1-6H2. The molecule has 0 saturated heterocycles. The average Bonchev–Trinajstić information content (AvgIpc) is 2.28. The largest absolute Gasteiger partial charge is 0.306 e. The topological polar surface area (TPSA) is 46.2 Å². The normalized spacial score (nSPS) is 38.8. The molecule has 0 amide bonds. The van der Waals surface area contributed by atoms with Gasteiger partial charge in [0, 0.05) is 30.5 Å². The Balaban J connectivity index is 1.93. The van der Waals surface area contributed by atoms with Crippen molar-refractivity contribution in [3.05, 3.63) is 11.6 Å². The molecule has 1 heterocycles. The van der Waals surface area contributed by atoms with E-state index < -0.39 is 0 Å². The minimum absolute atomic E-state index is 0.0259. The molecule has 0 bridgehead atoms. The van der Waals surface area contributed by atoms with Gasteiger partial charge in [-0.3, -0.25) is 9.59 Å². The van der Waals surface area contributed by atoms with Crippen molar-refractivity contribution in [2.24, 2.45) is 5.92 Å². The second-order valence-corrected chi connectivity index (χ2v) is 5.15. The van der Waals surface area contributed by atoms with Gasteiger partial charge in [-0.2, -0.15) is 0 Å². The molecule has 2 fully saturated rings. The van der Waals surface area contributed by atoms with Crippen LogP contribution in [0.3, 0.4) is 0 Å². The number of carbonyl (C=O) groups excluding carboxylic acids is 2. The molecule has 0 aromatic carbocycles. The van der Waals surface area contributed by atoms with Crippen molar-refractivity contribution in [3.63, 3.8) is 0 Å². The number of ketones is 2. The summed E-state index contributed by atoms with van der Waals surface area (Å²) < 4.78 is 0. The summed E-state index contributed by atoms with van der Waals surface area (Å²) in [6, 6.07) is 0.522. The Morgan fingerprint density at radius 3 is 2.81 bits per heavy atom. The third-order valence-corrected chi connectivity index (χ3v) is 4.11. The zero-order valence-electron chi connectivity index (χ0n) is 9.37. The average molecular weight is 219 g/mol. The van der Waals surface area contributed by atoms with Crippen LogP contribution >= 0.6 is 0 Å². The van der Waals surface area contributed by atoms with Gasteiger partial charge in [0.25, 0.3) is 0 Å². The molecule has 2 aliphatic carbocycles. The van der Waals surface area contributed by atoms with E-state index in [9.17, 15) is 9.59 Å². The quantitative estimate of drug-likeness (QED) is 0.669. The fourth-order valence-corrected chi connectivity index (χ4v) is 3.26. The van der Waals surface area contributed by atoms with Gasteiger partial charge in [-0.15, -0.1) is 0 Å². The van der Waals surface area contributed by atoms with Crippen LogP contribution in [-0.4, -0.2) is 23.7 Å². The van der Waals surface area contributed by atoms with Gasteiger partial charge < -0.3 is 5.32 Å². The number of fused-ring (bicyclic) bond motifs is 2. The van der Waals surface area contributed by atoms with E-state index in [1.54, 1.807) is 0 Å². The number of rotatable bonds is 0. The van der Waals surface area contributed by atoms with Crippen molar-refractivity contribution in [3.8, 4) is 0 Å². The lowest BCUT2D eigenvalue weighted by molar-refractivity contribution is -0.124. The molecule has 1 N–H and O–H groups in total. The summed E-state index contributed by atoms with van der Waals surface area (Å²) >= 11 is 0. The second-order valence-electron chi connectivity index (χ2n) is 5.15. The summed E-state index contributed by atoms with van der Waals surface area (Å²) in [6.07, 6.45) is 7.44. The summed E-state index contributed by atoms with van der Waals surface area (Å²) in [5, 5.41) is 3.51. The molecule has 1 aliphatic heterocycles. The number of nitrogens with one attached hydrogen (secondary N) is 1. The van der Waals surface area contributed by atoms with E-state index >= 15 is 0 Å². The van der Waals surface area contributed by atoms with Gasteiger partial charge >= 0.3 is 0 Å². The minimum Gasteiger partial charge on any atom is -0.306 e. The van der Waals surface area contributed by atoms with Crippen LogP contribution < -0.4 is 5.32 Å². The maximum Gasteiger partial charge on any atom is 0.160 e. The number of hydrogen-bond acceptors (Lipinski definition) is 3. The van der Waals surface area contributed by atoms with E-state index in [0.29, 0.717) is 24.7 Å². The van der Waals surface area contributed by atoms with E-state index in [1.165, 1.54) is 0 Å². The van der Waals surface area contributed by atoms with E-state index in [-0.39, 0.29) is 17.7 Å². The molecule has 3 rings (SSSR count). The van der Waals surface area contributed by atoms with Gasteiger partial charge in [-0.1, -0.05) is 6.08 Å². The molecule has 3 heteroatoms. The van der Waals surface area contributed by atoms with Crippen molar-refractivity contribution in [1.82, 2.24) is 5.32 Å². The molecule has 0 aromatic heterocycles. The first-order chi connectivity index (χ1) is 7.75. The first kappa shape index (κ1) is 10.2. The van der Waals surface area contributed by atoms with Gasteiger partial charge in [0.15, 0.2) is 5.78 Å². The molecule has 0 radical (unpaired) electrons. The zero-order chi connectivity index (χ0) is 11.1. The minimum atomic E-state index is -0.0259. The van der Waals surface area contributed by atoms with Gasteiger partial charge in [0.05, 0.1) is 5.92 Å². The van der Waals surface area contributed by atoms with Crippen LogP contribution in [0.1, 0.15) is 38.5 Å². The second kappa shape index (κ2) is 3.81. The Morgan fingerprint density at radius 2 is 1.94 bits per heavy atom.